The zero-order valence-corrected chi connectivity index (χ0v) is 6.62. The lowest BCUT2D eigenvalue weighted by Gasteiger charge is -2.06. The molecule has 1 nitrogen and oxygen atoms in total. The molecule has 0 bridgehead atoms. The Morgan fingerprint density at radius 3 is 2.22 bits per heavy atom. The van der Waals surface area contributed by atoms with E-state index < -0.39 is 0 Å². The lowest BCUT2D eigenvalue weighted by molar-refractivity contribution is -0.113. The minimum Gasteiger partial charge on any atom is -0.281 e. The highest BCUT2D eigenvalue weighted by Crippen LogP contribution is 2.14. The van der Waals surface area contributed by atoms with E-state index in [0.29, 0.717) is 0 Å². The van der Waals surface area contributed by atoms with Gasteiger partial charge < -0.3 is 0 Å². The molecule has 1 unspecified atom stereocenters. The van der Waals surface area contributed by atoms with Crippen molar-refractivity contribution in [2.45, 2.75) is 20.3 Å². The molecule has 0 amide bonds. The lowest BCUT2D eigenvalue weighted by Crippen LogP contribution is -2.07. The molecule has 0 saturated heterocycles. The number of hydrogen-bond acceptors (Lipinski definition) is 1. The van der Waals surface area contributed by atoms with Crippen LogP contribution in [-0.2, 0) is 4.79 Å². The van der Waals surface area contributed by atoms with Crippen molar-refractivity contribution < 1.29 is 4.79 Å². The number of hydrogen-bond donors (Lipinski definition) is 0. The summed E-state index contributed by atoms with van der Waals surface area (Å²) in [6.07, 6.45) is 0.775. The van der Waals surface area contributed by atoms with Crippen molar-refractivity contribution in [1.82, 2.24) is 0 Å². The summed E-state index contributed by atoms with van der Waals surface area (Å²) in [5.41, 5.74) is 0.873. The van der Waals surface area contributed by atoms with Gasteiger partial charge >= 0.3 is 0 Å². The molecule has 0 aliphatic heterocycles. The zero-order chi connectivity index (χ0) is 7.44. The van der Waals surface area contributed by atoms with Crippen LogP contribution in [0.1, 0.15) is 20.3 Å². The standard InChI is InChI=1S/C7H11OS/c1-4-6(5(2)3)7(8)9/h6H,2,4H2,1,3H3. The molecule has 0 aliphatic rings. The maximum Gasteiger partial charge on any atom is 0.225 e. The van der Waals surface area contributed by atoms with E-state index in [1.165, 1.54) is 0 Å². The van der Waals surface area contributed by atoms with Crippen molar-refractivity contribution in [3.63, 3.8) is 0 Å². The average molecular weight is 143 g/mol. The van der Waals surface area contributed by atoms with E-state index in [4.69, 9.17) is 0 Å². The molecule has 0 fully saturated rings. The molecule has 2 heteroatoms. The predicted octanol–water partition coefficient (Wildman–Crippen LogP) is 2.31. The molecule has 0 aromatic rings. The average Bonchev–Trinajstić information content (AvgIpc) is 1.64. The van der Waals surface area contributed by atoms with Gasteiger partial charge in [-0.25, -0.2) is 0 Å². The molecule has 0 aromatic heterocycles. The molecule has 0 spiro atoms. The largest absolute Gasteiger partial charge is 0.281 e. The second-order valence-corrected chi connectivity index (χ2v) is 2.53. The SMILES string of the molecule is C=C(C)C(CC)C(=O)[S]. The first-order valence-corrected chi connectivity index (χ1v) is 3.36. The molecule has 0 heterocycles. The van der Waals surface area contributed by atoms with Gasteiger partial charge in [-0.05, 0) is 26.0 Å². The first-order chi connectivity index (χ1) is 4.09. The van der Waals surface area contributed by atoms with Crippen molar-refractivity contribution in [3.05, 3.63) is 12.2 Å². The van der Waals surface area contributed by atoms with Crippen LogP contribution in [0.25, 0.3) is 0 Å². The van der Waals surface area contributed by atoms with E-state index in [1.807, 2.05) is 13.8 Å². The number of rotatable bonds is 3. The molecule has 9 heavy (non-hydrogen) atoms. The Balaban J connectivity index is 3.99. The Morgan fingerprint density at radius 2 is 2.22 bits per heavy atom. The van der Waals surface area contributed by atoms with Crippen molar-refractivity contribution in [1.29, 1.82) is 0 Å². The summed E-state index contributed by atoms with van der Waals surface area (Å²) in [7, 11) is 0. The van der Waals surface area contributed by atoms with Crippen LogP contribution in [0.15, 0.2) is 12.2 Å². The third kappa shape index (κ3) is 2.61. The van der Waals surface area contributed by atoms with E-state index in [9.17, 15) is 4.79 Å². The molecule has 0 aliphatic carbocycles. The first kappa shape index (κ1) is 8.63. The normalized spacial score (nSPS) is 12.7. The van der Waals surface area contributed by atoms with Crippen LogP contribution in [-0.4, -0.2) is 5.12 Å². The van der Waals surface area contributed by atoms with Crippen molar-refractivity contribution in [2.75, 3.05) is 0 Å². The van der Waals surface area contributed by atoms with Gasteiger partial charge in [0.2, 0.25) is 5.12 Å². The molecule has 51 valence electrons. The minimum atomic E-state index is -0.190. The monoisotopic (exact) mass is 143 g/mol. The minimum absolute atomic E-state index is 0.0972. The fourth-order valence-electron chi connectivity index (χ4n) is 0.716. The molecular weight excluding hydrogens is 132 g/mol. The Labute approximate surface area is 61.6 Å². The third-order valence-electron chi connectivity index (χ3n) is 1.29. The Kier molecular flexibility index (Phi) is 3.47. The van der Waals surface area contributed by atoms with Crippen LogP contribution < -0.4 is 0 Å². The van der Waals surface area contributed by atoms with E-state index in [2.05, 4.69) is 19.2 Å². The second-order valence-electron chi connectivity index (χ2n) is 2.13. The molecule has 0 N–H and O–H groups in total. The molecule has 0 rings (SSSR count). The van der Waals surface area contributed by atoms with Crippen molar-refractivity contribution in [2.24, 2.45) is 5.92 Å². The number of allylic oxidation sites excluding steroid dienone is 1. The second kappa shape index (κ2) is 3.62. The third-order valence-corrected chi connectivity index (χ3v) is 1.57. The zero-order valence-electron chi connectivity index (χ0n) is 5.81. The summed E-state index contributed by atoms with van der Waals surface area (Å²) in [6, 6.07) is 0. The highest BCUT2D eigenvalue weighted by molar-refractivity contribution is 7.96. The van der Waals surface area contributed by atoms with Crippen LogP contribution >= 0.6 is 12.6 Å². The quantitative estimate of drug-likeness (QED) is 0.554. The van der Waals surface area contributed by atoms with Crippen LogP contribution in [0.2, 0.25) is 0 Å². The van der Waals surface area contributed by atoms with E-state index >= 15 is 0 Å². The summed E-state index contributed by atoms with van der Waals surface area (Å²) in [4.78, 5) is 10.6. The van der Waals surface area contributed by atoms with Crippen LogP contribution in [0, 0.1) is 5.92 Å². The van der Waals surface area contributed by atoms with Gasteiger partial charge in [0.1, 0.15) is 0 Å². The summed E-state index contributed by atoms with van der Waals surface area (Å²) in [5.74, 6) is -0.0972. The number of carbonyl (C=O) groups excluding carboxylic acids is 1. The van der Waals surface area contributed by atoms with Gasteiger partial charge in [0.25, 0.3) is 0 Å². The summed E-state index contributed by atoms with van der Waals surface area (Å²) in [5, 5.41) is -0.190. The lowest BCUT2D eigenvalue weighted by atomic mass is 10.0. The molecule has 1 atom stereocenters. The van der Waals surface area contributed by atoms with Gasteiger partial charge in [-0.2, -0.15) is 0 Å². The predicted molar refractivity (Wildman–Crippen MR) is 41.2 cm³/mol. The summed E-state index contributed by atoms with van der Waals surface area (Å²) in [6.45, 7) is 7.43. The fourth-order valence-corrected chi connectivity index (χ4v) is 1.08. The highest BCUT2D eigenvalue weighted by Gasteiger charge is 2.13. The Hall–Kier alpha value is -0.370. The first-order valence-electron chi connectivity index (χ1n) is 2.95. The topological polar surface area (TPSA) is 17.1 Å². The van der Waals surface area contributed by atoms with Gasteiger partial charge in [-0.15, -0.1) is 0 Å². The molecule has 0 saturated carbocycles. The van der Waals surface area contributed by atoms with E-state index in [0.717, 1.165) is 12.0 Å². The molecule has 1 radical (unpaired) electrons. The number of carbonyl (C=O) groups is 1. The highest BCUT2D eigenvalue weighted by atomic mass is 32.1. The molecule has 0 aromatic carbocycles. The summed E-state index contributed by atoms with van der Waals surface area (Å²) >= 11 is 4.48. The molecular formula is C7H11OS. The van der Waals surface area contributed by atoms with Gasteiger partial charge in [-0.3, -0.25) is 4.79 Å². The van der Waals surface area contributed by atoms with Gasteiger partial charge in [-0.1, -0.05) is 19.1 Å². The van der Waals surface area contributed by atoms with Crippen molar-refractivity contribution in [3.8, 4) is 0 Å². The fraction of sp³-hybridized carbons (Fsp3) is 0.571. The maximum absolute atomic E-state index is 10.6. The van der Waals surface area contributed by atoms with Gasteiger partial charge in [0, 0.05) is 0 Å². The maximum atomic E-state index is 10.6. The van der Waals surface area contributed by atoms with Crippen LogP contribution in [0.5, 0.6) is 0 Å². The Bertz CT molecular complexity index is 115. The Morgan fingerprint density at radius 1 is 1.78 bits per heavy atom. The van der Waals surface area contributed by atoms with E-state index in [-0.39, 0.29) is 11.0 Å². The van der Waals surface area contributed by atoms with Crippen molar-refractivity contribution >= 4 is 17.7 Å². The van der Waals surface area contributed by atoms with Gasteiger partial charge in [0.05, 0.1) is 5.92 Å². The smallest absolute Gasteiger partial charge is 0.225 e. The summed E-state index contributed by atoms with van der Waals surface area (Å²) < 4.78 is 0. The van der Waals surface area contributed by atoms with Crippen LogP contribution in [0.4, 0.5) is 0 Å². The van der Waals surface area contributed by atoms with E-state index in [1.54, 1.807) is 0 Å². The van der Waals surface area contributed by atoms with Gasteiger partial charge in [0.15, 0.2) is 0 Å². The van der Waals surface area contributed by atoms with Crippen LogP contribution in [0.3, 0.4) is 0 Å².